The fourth-order valence-electron chi connectivity index (χ4n) is 0.916. The summed E-state index contributed by atoms with van der Waals surface area (Å²) in [4.78, 5) is 1.55. The summed E-state index contributed by atoms with van der Waals surface area (Å²) in [6, 6.07) is 0. The lowest BCUT2D eigenvalue weighted by Gasteiger charge is -2.20. The minimum absolute atomic E-state index is 0.0508. The van der Waals surface area contributed by atoms with Gasteiger partial charge in [-0.25, -0.2) is 0 Å². The van der Waals surface area contributed by atoms with Crippen LogP contribution in [0.4, 0.5) is 0 Å². The van der Waals surface area contributed by atoms with Gasteiger partial charge in [-0.05, 0) is 0 Å². The molecule has 0 heterocycles. The van der Waals surface area contributed by atoms with E-state index in [-0.39, 0.29) is 19.5 Å². The van der Waals surface area contributed by atoms with Crippen molar-refractivity contribution in [1.29, 1.82) is 0 Å². The SMILES string of the molecule is COP(=O)(CCN(CO)CCO)OC. The van der Waals surface area contributed by atoms with E-state index in [4.69, 9.17) is 19.3 Å². The predicted molar refractivity (Wildman–Crippen MR) is 52.2 cm³/mol. The quantitative estimate of drug-likeness (QED) is 0.438. The minimum Gasteiger partial charge on any atom is -0.395 e. The molecule has 6 nitrogen and oxygen atoms in total. The first-order chi connectivity index (χ1) is 6.61. The van der Waals surface area contributed by atoms with Crippen molar-refractivity contribution in [2.24, 2.45) is 0 Å². The van der Waals surface area contributed by atoms with Crippen LogP contribution in [0.25, 0.3) is 0 Å². The van der Waals surface area contributed by atoms with Gasteiger partial charge in [-0.2, -0.15) is 0 Å². The molecule has 86 valence electrons. The zero-order valence-corrected chi connectivity index (χ0v) is 9.44. The van der Waals surface area contributed by atoms with E-state index in [1.54, 1.807) is 4.90 Å². The number of hydrogen-bond acceptors (Lipinski definition) is 6. The molecule has 0 amide bonds. The van der Waals surface area contributed by atoms with Gasteiger partial charge in [0.1, 0.15) is 0 Å². The number of aliphatic hydroxyl groups is 2. The van der Waals surface area contributed by atoms with Crippen molar-refractivity contribution >= 4 is 7.60 Å². The largest absolute Gasteiger partial charge is 0.395 e. The Morgan fingerprint density at radius 2 is 1.79 bits per heavy atom. The molecule has 0 radical (unpaired) electrons. The van der Waals surface area contributed by atoms with Crippen LogP contribution < -0.4 is 0 Å². The molecule has 0 aliphatic rings. The van der Waals surface area contributed by atoms with Crippen LogP contribution in [0.1, 0.15) is 0 Å². The summed E-state index contributed by atoms with van der Waals surface area (Å²) in [5.41, 5.74) is 0. The van der Waals surface area contributed by atoms with Crippen molar-refractivity contribution in [2.45, 2.75) is 0 Å². The van der Waals surface area contributed by atoms with Crippen molar-refractivity contribution in [3.05, 3.63) is 0 Å². The lowest BCUT2D eigenvalue weighted by molar-refractivity contribution is 0.0916. The molecule has 0 spiro atoms. The van der Waals surface area contributed by atoms with Gasteiger partial charge >= 0.3 is 7.60 Å². The summed E-state index contributed by atoms with van der Waals surface area (Å²) in [6.07, 6.45) is 0.195. The van der Waals surface area contributed by atoms with Gasteiger partial charge in [0.05, 0.1) is 19.5 Å². The summed E-state index contributed by atoms with van der Waals surface area (Å²) in [7, 11) is -0.368. The lowest BCUT2D eigenvalue weighted by Crippen LogP contribution is -2.30. The molecule has 0 aromatic carbocycles. The van der Waals surface area contributed by atoms with Gasteiger partial charge in [0.25, 0.3) is 0 Å². The van der Waals surface area contributed by atoms with E-state index in [9.17, 15) is 4.57 Å². The van der Waals surface area contributed by atoms with Gasteiger partial charge in [-0.15, -0.1) is 0 Å². The van der Waals surface area contributed by atoms with Crippen LogP contribution in [0.5, 0.6) is 0 Å². The second kappa shape index (κ2) is 7.34. The first-order valence-electron chi connectivity index (χ1n) is 4.26. The van der Waals surface area contributed by atoms with Crippen LogP contribution in [0.3, 0.4) is 0 Å². The monoisotopic (exact) mass is 227 g/mol. The topological polar surface area (TPSA) is 79.2 Å². The molecule has 7 heteroatoms. The van der Waals surface area contributed by atoms with Gasteiger partial charge in [-0.1, -0.05) is 0 Å². The number of hydrogen-bond donors (Lipinski definition) is 2. The molecule has 0 saturated carbocycles. The van der Waals surface area contributed by atoms with Crippen molar-refractivity contribution < 1.29 is 23.8 Å². The molecule has 0 atom stereocenters. The Hall–Kier alpha value is 0.0300. The zero-order chi connectivity index (χ0) is 11.0. The Labute approximate surface area is 84.0 Å². The molecule has 14 heavy (non-hydrogen) atoms. The summed E-state index contributed by atoms with van der Waals surface area (Å²) < 4.78 is 21.0. The Kier molecular flexibility index (Phi) is 7.35. The van der Waals surface area contributed by atoms with Crippen LogP contribution in [-0.2, 0) is 13.6 Å². The third-order valence-corrected chi connectivity index (χ3v) is 3.72. The molecule has 0 bridgehead atoms. The fourth-order valence-corrected chi connectivity index (χ4v) is 1.96. The van der Waals surface area contributed by atoms with Crippen molar-refractivity contribution in [2.75, 3.05) is 46.8 Å². The molecule has 0 saturated heterocycles. The lowest BCUT2D eigenvalue weighted by atomic mass is 10.5. The molecule has 0 unspecified atom stereocenters. The normalized spacial score (nSPS) is 12.4. The Balaban J connectivity index is 3.94. The van der Waals surface area contributed by atoms with Crippen LogP contribution in [-0.4, -0.2) is 61.9 Å². The van der Waals surface area contributed by atoms with Gasteiger partial charge in [-0.3, -0.25) is 9.46 Å². The van der Waals surface area contributed by atoms with Gasteiger partial charge in [0, 0.05) is 27.3 Å². The third-order valence-electron chi connectivity index (χ3n) is 1.86. The smallest absolute Gasteiger partial charge is 0.331 e. The molecular weight excluding hydrogens is 209 g/mol. The van der Waals surface area contributed by atoms with E-state index in [1.165, 1.54) is 14.2 Å². The van der Waals surface area contributed by atoms with E-state index in [0.29, 0.717) is 13.1 Å². The van der Waals surface area contributed by atoms with E-state index in [2.05, 4.69) is 0 Å². The van der Waals surface area contributed by atoms with Gasteiger partial charge in [0.2, 0.25) is 0 Å². The number of aliphatic hydroxyl groups excluding tert-OH is 2. The van der Waals surface area contributed by atoms with Crippen LogP contribution in [0, 0.1) is 0 Å². The van der Waals surface area contributed by atoms with E-state index in [1.807, 2.05) is 0 Å². The highest BCUT2D eigenvalue weighted by Gasteiger charge is 2.21. The minimum atomic E-state index is -3.01. The van der Waals surface area contributed by atoms with Crippen molar-refractivity contribution in [1.82, 2.24) is 4.90 Å². The van der Waals surface area contributed by atoms with Crippen molar-refractivity contribution in [3.63, 3.8) is 0 Å². The number of rotatable bonds is 8. The highest BCUT2D eigenvalue weighted by atomic mass is 31.2. The fraction of sp³-hybridized carbons (Fsp3) is 1.00. The molecule has 0 aromatic heterocycles. The van der Waals surface area contributed by atoms with E-state index < -0.39 is 7.60 Å². The average molecular weight is 227 g/mol. The highest BCUT2D eigenvalue weighted by Crippen LogP contribution is 2.45. The zero-order valence-electron chi connectivity index (χ0n) is 8.55. The van der Waals surface area contributed by atoms with Crippen LogP contribution in [0.15, 0.2) is 0 Å². The Morgan fingerprint density at radius 3 is 2.14 bits per heavy atom. The maximum absolute atomic E-state index is 11.6. The second-order valence-corrected chi connectivity index (χ2v) is 5.08. The number of nitrogens with zero attached hydrogens (tertiary/aromatic N) is 1. The Morgan fingerprint density at radius 1 is 1.21 bits per heavy atom. The average Bonchev–Trinajstić information content (AvgIpc) is 2.23. The second-order valence-electron chi connectivity index (χ2n) is 2.68. The molecule has 0 aliphatic heterocycles. The van der Waals surface area contributed by atoms with Crippen molar-refractivity contribution in [3.8, 4) is 0 Å². The van der Waals surface area contributed by atoms with Gasteiger partial charge < -0.3 is 19.3 Å². The van der Waals surface area contributed by atoms with Crippen LogP contribution in [0.2, 0.25) is 0 Å². The summed E-state index contributed by atoms with van der Waals surface area (Å²) in [6.45, 7) is 0.457. The summed E-state index contributed by atoms with van der Waals surface area (Å²) >= 11 is 0. The first-order valence-corrected chi connectivity index (χ1v) is 5.99. The molecular formula is C7H18NO5P. The maximum Gasteiger partial charge on any atom is 0.331 e. The maximum atomic E-state index is 11.6. The van der Waals surface area contributed by atoms with E-state index >= 15 is 0 Å². The van der Waals surface area contributed by atoms with Crippen LogP contribution >= 0.6 is 7.60 Å². The van der Waals surface area contributed by atoms with Gasteiger partial charge in [0.15, 0.2) is 0 Å². The Bertz CT molecular complexity index is 181. The standard InChI is InChI=1S/C7H18NO5P/c1-12-14(11,13-2)6-4-8(7-10)3-5-9/h9-10H,3-7H2,1-2H3. The molecule has 0 rings (SSSR count). The summed E-state index contributed by atoms with van der Waals surface area (Å²) in [5.74, 6) is 0. The molecule has 0 aliphatic carbocycles. The predicted octanol–water partition coefficient (Wildman–Crippen LogP) is -0.284. The third kappa shape index (κ3) is 5.05. The highest BCUT2D eigenvalue weighted by molar-refractivity contribution is 7.53. The first kappa shape index (κ1) is 14.0. The molecule has 2 N–H and O–H groups in total. The molecule has 0 fully saturated rings. The van der Waals surface area contributed by atoms with E-state index in [0.717, 1.165) is 0 Å². The summed E-state index contributed by atoms with van der Waals surface area (Å²) in [5, 5.41) is 17.5. The molecule has 0 aromatic rings.